The molecule has 0 aliphatic heterocycles. The molecule has 0 saturated heterocycles. The molecule has 0 radical (unpaired) electrons. The first kappa shape index (κ1) is 47.8. The van der Waals surface area contributed by atoms with E-state index < -0.39 is 23.4 Å². The molecule has 2 unspecified atom stereocenters. The van der Waals surface area contributed by atoms with Crippen molar-refractivity contribution in [1.29, 1.82) is 0 Å². The summed E-state index contributed by atoms with van der Waals surface area (Å²) in [4.78, 5) is 25.4. The number of unbranched alkanes of at least 4 members (excludes halogenated alkanes) is 6. The lowest BCUT2D eigenvalue weighted by Crippen LogP contribution is -2.27. The van der Waals surface area contributed by atoms with Gasteiger partial charge in [-0.25, -0.2) is 9.59 Å². The van der Waals surface area contributed by atoms with Crippen LogP contribution in [0.15, 0.2) is 109 Å². The van der Waals surface area contributed by atoms with Gasteiger partial charge >= 0.3 is 12.2 Å². The molecule has 2 N–H and O–H groups in total. The summed E-state index contributed by atoms with van der Waals surface area (Å²) in [6.07, 6.45) is 11.0. The van der Waals surface area contributed by atoms with Gasteiger partial charge in [0.05, 0.1) is 0 Å². The highest BCUT2D eigenvalue weighted by atomic mass is 16.6. The Balaban J connectivity index is 1.55. The summed E-state index contributed by atoms with van der Waals surface area (Å²) in [6.45, 7) is 20.6. The molecule has 0 aromatic heterocycles. The second kappa shape index (κ2) is 21.4. The van der Waals surface area contributed by atoms with Crippen molar-refractivity contribution >= 4 is 45.1 Å². The Kier molecular flexibility index (Phi) is 16.0. The van der Waals surface area contributed by atoms with Gasteiger partial charge in [-0.3, -0.25) is 10.6 Å². The SMILES string of the molecule is CCCCCCC(C)c1cc(-c2c(C(C)CCCCCC)cc(-c3ccc(NC(=O)OC(C)(C)C)cc3)c3ccccc23)c2ccccc2c1-c1ccc(NC(=O)OC(C)(C)C)cc1. The van der Waals surface area contributed by atoms with Crippen LogP contribution in [0.5, 0.6) is 0 Å². The number of carbonyl (C=O) groups is 2. The molecule has 0 aliphatic carbocycles. The number of hydrogen-bond donors (Lipinski definition) is 2. The number of nitrogens with one attached hydrogen (secondary N) is 2. The van der Waals surface area contributed by atoms with Gasteiger partial charge in [0.1, 0.15) is 11.2 Å². The zero-order chi connectivity index (χ0) is 46.0. The van der Waals surface area contributed by atoms with Crippen LogP contribution in [0.25, 0.3) is 54.9 Å². The highest BCUT2D eigenvalue weighted by Gasteiger charge is 2.25. The van der Waals surface area contributed by atoms with Gasteiger partial charge in [0.25, 0.3) is 0 Å². The lowest BCUT2D eigenvalue weighted by atomic mass is 9.78. The van der Waals surface area contributed by atoms with Crippen molar-refractivity contribution < 1.29 is 19.1 Å². The fourth-order valence-electron chi connectivity index (χ4n) is 9.00. The van der Waals surface area contributed by atoms with E-state index >= 15 is 0 Å². The van der Waals surface area contributed by atoms with Crippen LogP contribution in [-0.4, -0.2) is 23.4 Å². The fourth-order valence-corrected chi connectivity index (χ4v) is 9.00. The molecule has 0 heterocycles. The molecule has 6 heteroatoms. The van der Waals surface area contributed by atoms with E-state index in [1.807, 2.05) is 65.8 Å². The molecule has 0 spiro atoms. The molecule has 64 heavy (non-hydrogen) atoms. The van der Waals surface area contributed by atoms with Gasteiger partial charge in [-0.05, 0) is 169 Å². The monoisotopic (exact) mass is 861 g/mol. The number of fused-ring (bicyclic) bond motifs is 2. The third-order valence-corrected chi connectivity index (χ3v) is 12.1. The third-order valence-electron chi connectivity index (χ3n) is 12.1. The number of rotatable bonds is 17. The van der Waals surface area contributed by atoms with E-state index in [0.717, 1.165) is 24.0 Å². The van der Waals surface area contributed by atoms with Gasteiger partial charge in [-0.2, -0.15) is 0 Å². The van der Waals surface area contributed by atoms with E-state index in [-0.39, 0.29) is 0 Å². The second-order valence-corrected chi connectivity index (χ2v) is 19.8. The minimum atomic E-state index is -0.584. The summed E-state index contributed by atoms with van der Waals surface area (Å²) >= 11 is 0. The minimum absolute atomic E-state index is 0.307. The predicted molar refractivity (Wildman–Crippen MR) is 272 cm³/mol. The second-order valence-electron chi connectivity index (χ2n) is 19.8. The smallest absolute Gasteiger partial charge is 0.412 e. The molecule has 6 aromatic carbocycles. The number of benzene rings is 6. The van der Waals surface area contributed by atoms with Crippen molar-refractivity contribution in [3.8, 4) is 33.4 Å². The van der Waals surface area contributed by atoms with Crippen LogP contribution in [0, 0.1) is 0 Å². The fraction of sp³-hybridized carbons (Fsp3) is 0.414. The third kappa shape index (κ3) is 12.3. The van der Waals surface area contributed by atoms with Gasteiger partial charge < -0.3 is 9.47 Å². The summed E-state index contributed by atoms with van der Waals surface area (Å²) < 4.78 is 11.1. The molecular formula is C58H72N2O4. The van der Waals surface area contributed by atoms with Gasteiger partial charge in [0, 0.05) is 11.4 Å². The van der Waals surface area contributed by atoms with Crippen LogP contribution >= 0.6 is 0 Å². The van der Waals surface area contributed by atoms with E-state index in [0.29, 0.717) is 23.2 Å². The van der Waals surface area contributed by atoms with Crippen LogP contribution in [0.4, 0.5) is 21.0 Å². The Labute approximate surface area is 383 Å². The normalized spacial score (nSPS) is 12.8. The zero-order valence-corrected chi connectivity index (χ0v) is 40.3. The molecule has 2 amide bonds. The van der Waals surface area contributed by atoms with Crippen LogP contribution in [0.2, 0.25) is 0 Å². The Morgan fingerprint density at radius 3 is 1.33 bits per heavy atom. The highest BCUT2D eigenvalue weighted by molar-refractivity contribution is 6.14. The first-order valence-electron chi connectivity index (χ1n) is 23.9. The van der Waals surface area contributed by atoms with Crippen molar-refractivity contribution in [3.05, 3.63) is 120 Å². The summed E-state index contributed by atoms with van der Waals surface area (Å²) in [5.41, 5.74) is 10.2. The van der Waals surface area contributed by atoms with Crippen molar-refractivity contribution in [2.45, 2.75) is 156 Å². The average Bonchev–Trinajstić information content (AvgIpc) is 3.24. The molecular weight excluding hydrogens is 789 g/mol. The number of amides is 2. The van der Waals surface area contributed by atoms with Crippen LogP contribution < -0.4 is 10.6 Å². The van der Waals surface area contributed by atoms with E-state index in [9.17, 15) is 9.59 Å². The molecule has 2 atom stereocenters. The standard InChI is InChI=1S/C58H72N2O4/c1-11-13-15-17-23-39(3)49-38-52(46-26-20-21-27-47(46)53(49)42-31-35-44(36-32-42)60-56(62)64-58(8,9)10)54-48-28-22-19-25-45(48)51(37-50(54)40(4)24-18-16-14-12-2)41-29-33-43(34-30-41)59-55(61)63-57(5,6)7/h19-22,25-40H,11-18,23-24H2,1-10H3,(H,59,61)(H,60,62). The van der Waals surface area contributed by atoms with Crippen LogP contribution in [0.1, 0.15) is 156 Å². The molecule has 6 nitrogen and oxygen atoms in total. The summed E-state index contributed by atoms with van der Waals surface area (Å²) in [6, 6.07) is 39.3. The maximum Gasteiger partial charge on any atom is 0.412 e. The number of hydrogen-bond acceptors (Lipinski definition) is 4. The predicted octanol–water partition coefficient (Wildman–Crippen LogP) is 17.8. The Morgan fingerprint density at radius 1 is 0.484 bits per heavy atom. The Hall–Kier alpha value is -5.62. The van der Waals surface area contributed by atoms with Crippen molar-refractivity contribution in [2.24, 2.45) is 0 Å². The van der Waals surface area contributed by atoms with E-state index in [1.165, 1.54) is 106 Å². The van der Waals surface area contributed by atoms with Gasteiger partial charge in [-0.1, -0.05) is 152 Å². The lowest BCUT2D eigenvalue weighted by molar-refractivity contribution is 0.0624. The minimum Gasteiger partial charge on any atom is -0.444 e. The van der Waals surface area contributed by atoms with E-state index in [1.54, 1.807) is 0 Å². The number of carbonyl (C=O) groups excluding carboxylic acids is 2. The first-order chi connectivity index (χ1) is 30.6. The summed E-state index contributed by atoms with van der Waals surface area (Å²) in [5, 5.41) is 10.7. The quantitative estimate of drug-likeness (QED) is 0.0896. The molecule has 0 saturated carbocycles. The van der Waals surface area contributed by atoms with Crippen LogP contribution in [0.3, 0.4) is 0 Å². The molecule has 6 aromatic rings. The lowest BCUT2D eigenvalue weighted by Gasteiger charge is -2.26. The van der Waals surface area contributed by atoms with Crippen LogP contribution in [-0.2, 0) is 9.47 Å². The number of ether oxygens (including phenoxy) is 2. The van der Waals surface area contributed by atoms with Gasteiger partial charge in [0.2, 0.25) is 0 Å². The van der Waals surface area contributed by atoms with E-state index in [4.69, 9.17) is 9.47 Å². The molecule has 0 bridgehead atoms. The highest BCUT2D eigenvalue weighted by Crippen LogP contribution is 2.48. The maximum absolute atomic E-state index is 12.7. The Morgan fingerprint density at radius 2 is 0.875 bits per heavy atom. The first-order valence-corrected chi connectivity index (χ1v) is 23.9. The number of anilines is 2. The topological polar surface area (TPSA) is 76.7 Å². The Bertz CT molecular complexity index is 2510. The summed E-state index contributed by atoms with van der Waals surface area (Å²) in [5.74, 6) is 0.615. The van der Waals surface area contributed by atoms with Crippen molar-refractivity contribution in [1.82, 2.24) is 0 Å². The summed E-state index contributed by atoms with van der Waals surface area (Å²) in [7, 11) is 0. The van der Waals surface area contributed by atoms with Gasteiger partial charge in [-0.15, -0.1) is 0 Å². The average molecular weight is 861 g/mol. The zero-order valence-electron chi connectivity index (χ0n) is 40.3. The molecule has 338 valence electrons. The van der Waals surface area contributed by atoms with E-state index in [2.05, 4.69) is 123 Å². The molecule has 0 fully saturated rings. The molecule has 6 rings (SSSR count). The maximum atomic E-state index is 12.7. The van der Waals surface area contributed by atoms with Crippen molar-refractivity contribution in [2.75, 3.05) is 10.6 Å². The molecule has 0 aliphatic rings. The largest absolute Gasteiger partial charge is 0.444 e. The van der Waals surface area contributed by atoms with Gasteiger partial charge in [0.15, 0.2) is 0 Å². The van der Waals surface area contributed by atoms with Crippen molar-refractivity contribution in [3.63, 3.8) is 0 Å².